The second kappa shape index (κ2) is 5.38. The molecule has 1 aliphatic carbocycles. The van der Waals surface area contributed by atoms with Crippen molar-refractivity contribution in [3.05, 3.63) is 0 Å². The summed E-state index contributed by atoms with van der Waals surface area (Å²) >= 11 is 2.15. The fourth-order valence-electron chi connectivity index (χ4n) is 2.47. The lowest BCUT2D eigenvalue weighted by atomic mass is 10.1. The zero-order chi connectivity index (χ0) is 9.80. The molecule has 3 N–H and O–H groups in total. The molecule has 0 aromatic carbocycles. The zero-order valence-corrected chi connectivity index (χ0v) is 9.69. The first-order valence-electron chi connectivity index (χ1n) is 5.95. The first-order valence-corrected chi connectivity index (χ1v) is 7.00. The van der Waals surface area contributed by atoms with Crippen LogP contribution in [-0.4, -0.2) is 29.6 Å². The Morgan fingerprint density at radius 3 is 2.79 bits per heavy atom. The van der Waals surface area contributed by atoms with Crippen LogP contribution in [0.5, 0.6) is 0 Å². The molecular weight excluding hydrogens is 192 g/mol. The highest BCUT2D eigenvalue weighted by atomic mass is 32.2. The summed E-state index contributed by atoms with van der Waals surface area (Å²) in [5.74, 6) is 1.37. The Morgan fingerprint density at radius 1 is 1.21 bits per heavy atom. The highest BCUT2D eigenvalue weighted by Crippen LogP contribution is 2.25. The van der Waals surface area contributed by atoms with Crippen molar-refractivity contribution in [3.8, 4) is 0 Å². The Balaban J connectivity index is 1.61. The number of hydrogen-bond acceptors (Lipinski definition) is 3. The van der Waals surface area contributed by atoms with E-state index >= 15 is 0 Å². The van der Waals surface area contributed by atoms with Crippen LogP contribution >= 0.6 is 11.8 Å². The first-order chi connectivity index (χ1) is 6.84. The standard InChI is InChI=1S/C11H22N2S/c12-9-4-5-10(7-9)13-8-11-3-1-2-6-14-11/h9-11,13H,1-8,12H2. The average Bonchev–Trinajstić information content (AvgIpc) is 2.63. The molecule has 3 unspecified atom stereocenters. The molecule has 1 saturated carbocycles. The van der Waals surface area contributed by atoms with Crippen LogP contribution in [0.15, 0.2) is 0 Å². The van der Waals surface area contributed by atoms with Crippen molar-refractivity contribution in [3.63, 3.8) is 0 Å². The highest BCUT2D eigenvalue weighted by Gasteiger charge is 2.22. The van der Waals surface area contributed by atoms with Gasteiger partial charge < -0.3 is 11.1 Å². The number of thioether (sulfide) groups is 1. The molecule has 2 fully saturated rings. The summed E-state index contributed by atoms with van der Waals surface area (Å²) in [7, 11) is 0. The molecule has 0 radical (unpaired) electrons. The van der Waals surface area contributed by atoms with Gasteiger partial charge >= 0.3 is 0 Å². The minimum atomic E-state index is 0.464. The third-order valence-corrected chi connectivity index (χ3v) is 4.78. The van der Waals surface area contributed by atoms with Gasteiger partial charge in [-0.3, -0.25) is 0 Å². The number of rotatable bonds is 3. The van der Waals surface area contributed by atoms with Gasteiger partial charge in [-0.2, -0.15) is 11.8 Å². The van der Waals surface area contributed by atoms with E-state index in [0.717, 1.165) is 5.25 Å². The lowest BCUT2D eigenvalue weighted by Gasteiger charge is -2.23. The van der Waals surface area contributed by atoms with Crippen molar-refractivity contribution in [1.82, 2.24) is 5.32 Å². The minimum Gasteiger partial charge on any atom is -0.328 e. The third kappa shape index (κ3) is 3.14. The van der Waals surface area contributed by atoms with Gasteiger partial charge in [-0.1, -0.05) is 6.42 Å². The Bertz CT molecular complexity index is 164. The SMILES string of the molecule is NC1CCC(NCC2CCCCS2)C1. The molecule has 1 heterocycles. The maximum Gasteiger partial charge on any atom is 0.0172 e. The molecule has 0 spiro atoms. The molecule has 2 nitrogen and oxygen atoms in total. The van der Waals surface area contributed by atoms with E-state index in [1.807, 2.05) is 0 Å². The highest BCUT2D eigenvalue weighted by molar-refractivity contribution is 7.99. The number of nitrogens with two attached hydrogens (primary N) is 1. The summed E-state index contributed by atoms with van der Waals surface area (Å²) in [6.45, 7) is 1.21. The Labute approximate surface area is 91.4 Å². The Hall–Kier alpha value is 0.270. The normalized spacial score (nSPS) is 38.8. The molecular formula is C11H22N2S. The van der Waals surface area contributed by atoms with E-state index in [1.54, 1.807) is 0 Å². The molecule has 0 aromatic heterocycles. The van der Waals surface area contributed by atoms with Crippen LogP contribution in [0.1, 0.15) is 38.5 Å². The average molecular weight is 214 g/mol. The van der Waals surface area contributed by atoms with Crippen molar-refractivity contribution in [2.45, 2.75) is 55.9 Å². The van der Waals surface area contributed by atoms with Crippen LogP contribution in [0, 0.1) is 0 Å². The fourth-order valence-corrected chi connectivity index (χ4v) is 3.72. The van der Waals surface area contributed by atoms with Gasteiger partial charge in [-0.15, -0.1) is 0 Å². The number of nitrogens with one attached hydrogen (secondary N) is 1. The van der Waals surface area contributed by atoms with E-state index in [1.165, 1.54) is 50.8 Å². The monoisotopic (exact) mass is 214 g/mol. The Kier molecular flexibility index (Phi) is 4.14. The van der Waals surface area contributed by atoms with E-state index in [0.29, 0.717) is 12.1 Å². The molecule has 0 bridgehead atoms. The summed E-state index contributed by atoms with van der Waals surface area (Å²) in [5.41, 5.74) is 5.89. The van der Waals surface area contributed by atoms with Crippen LogP contribution in [0.4, 0.5) is 0 Å². The summed E-state index contributed by atoms with van der Waals surface area (Å²) < 4.78 is 0. The lowest BCUT2D eigenvalue weighted by molar-refractivity contribution is 0.499. The van der Waals surface area contributed by atoms with Gasteiger partial charge in [0.2, 0.25) is 0 Å². The van der Waals surface area contributed by atoms with Crippen LogP contribution in [0.2, 0.25) is 0 Å². The van der Waals surface area contributed by atoms with Crippen molar-refractivity contribution in [2.75, 3.05) is 12.3 Å². The topological polar surface area (TPSA) is 38.0 Å². The maximum absolute atomic E-state index is 5.89. The minimum absolute atomic E-state index is 0.464. The molecule has 0 amide bonds. The third-order valence-electron chi connectivity index (χ3n) is 3.38. The summed E-state index contributed by atoms with van der Waals surface area (Å²) in [5, 5.41) is 4.56. The fraction of sp³-hybridized carbons (Fsp3) is 1.00. The molecule has 2 aliphatic rings. The van der Waals surface area contributed by atoms with Gasteiger partial charge in [0.25, 0.3) is 0 Å². The first kappa shape index (κ1) is 10.8. The number of hydrogen-bond donors (Lipinski definition) is 2. The van der Waals surface area contributed by atoms with Gasteiger partial charge in [-0.05, 0) is 37.9 Å². The van der Waals surface area contributed by atoms with Crippen molar-refractivity contribution < 1.29 is 0 Å². The van der Waals surface area contributed by atoms with Crippen LogP contribution in [0.3, 0.4) is 0 Å². The predicted molar refractivity (Wildman–Crippen MR) is 63.7 cm³/mol. The van der Waals surface area contributed by atoms with Crippen LogP contribution in [0.25, 0.3) is 0 Å². The smallest absolute Gasteiger partial charge is 0.0172 e. The van der Waals surface area contributed by atoms with E-state index in [-0.39, 0.29) is 0 Å². The summed E-state index contributed by atoms with van der Waals surface area (Å²) in [4.78, 5) is 0. The molecule has 1 aliphatic heterocycles. The van der Waals surface area contributed by atoms with E-state index in [4.69, 9.17) is 5.73 Å². The van der Waals surface area contributed by atoms with Gasteiger partial charge in [0, 0.05) is 23.9 Å². The second-order valence-electron chi connectivity index (χ2n) is 4.67. The van der Waals surface area contributed by atoms with E-state index in [9.17, 15) is 0 Å². The largest absolute Gasteiger partial charge is 0.328 e. The second-order valence-corrected chi connectivity index (χ2v) is 6.08. The maximum atomic E-state index is 5.89. The van der Waals surface area contributed by atoms with Crippen molar-refractivity contribution >= 4 is 11.8 Å². The molecule has 1 saturated heterocycles. The van der Waals surface area contributed by atoms with E-state index < -0.39 is 0 Å². The summed E-state index contributed by atoms with van der Waals surface area (Å²) in [6, 6.07) is 1.18. The van der Waals surface area contributed by atoms with E-state index in [2.05, 4.69) is 17.1 Å². The molecule has 3 atom stereocenters. The van der Waals surface area contributed by atoms with Crippen LogP contribution < -0.4 is 11.1 Å². The molecule has 82 valence electrons. The molecule has 2 rings (SSSR count). The molecule has 14 heavy (non-hydrogen) atoms. The van der Waals surface area contributed by atoms with Gasteiger partial charge in [0.15, 0.2) is 0 Å². The quantitative estimate of drug-likeness (QED) is 0.751. The zero-order valence-electron chi connectivity index (χ0n) is 8.87. The van der Waals surface area contributed by atoms with Gasteiger partial charge in [0.1, 0.15) is 0 Å². The molecule has 3 heteroatoms. The van der Waals surface area contributed by atoms with Gasteiger partial charge in [0.05, 0.1) is 0 Å². The predicted octanol–water partition coefficient (Wildman–Crippen LogP) is 1.74. The van der Waals surface area contributed by atoms with Crippen molar-refractivity contribution in [2.24, 2.45) is 5.73 Å². The van der Waals surface area contributed by atoms with Crippen LogP contribution in [-0.2, 0) is 0 Å². The Morgan fingerprint density at radius 2 is 2.14 bits per heavy atom. The molecule has 0 aromatic rings. The lowest BCUT2D eigenvalue weighted by Crippen LogP contribution is -2.34. The van der Waals surface area contributed by atoms with Gasteiger partial charge in [-0.25, -0.2) is 0 Å². The summed E-state index contributed by atoms with van der Waals surface area (Å²) in [6.07, 6.45) is 7.97. The van der Waals surface area contributed by atoms with Crippen molar-refractivity contribution in [1.29, 1.82) is 0 Å².